The molecule has 0 saturated carbocycles. The monoisotopic (exact) mass is 383 g/mol. The largest absolute Gasteiger partial charge is 0.382 e. The summed E-state index contributed by atoms with van der Waals surface area (Å²) in [5.74, 6) is 0.149. The van der Waals surface area contributed by atoms with Gasteiger partial charge in [-0.05, 0) is 31.0 Å². The van der Waals surface area contributed by atoms with E-state index in [4.69, 9.17) is 5.26 Å². The maximum atomic E-state index is 13.5. The third-order valence-corrected chi connectivity index (χ3v) is 4.52. The number of carbonyl (C=O) groups excluding carboxylic acids is 1. The second kappa shape index (κ2) is 9.50. The minimum absolute atomic E-state index is 0.0268. The summed E-state index contributed by atoms with van der Waals surface area (Å²) < 4.78 is 13.5. The van der Waals surface area contributed by atoms with Crippen LogP contribution in [0.2, 0.25) is 0 Å². The van der Waals surface area contributed by atoms with Crippen LogP contribution in [0, 0.1) is 17.1 Å². The standard InChI is InChI=1S/C19H22FN7O/c20-16-3-1-4-17(15(16)13-21)22-9-10-25-19(28)26-14-5-11-27(12-6-14)18-23-7-2-8-24-18/h1-4,7-8,14,22H,5-6,9-12H2,(H2,25,26,28). The highest BCUT2D eigenvalue weighted by Gasteiger charge is 2.21. The number of nitriles is 1. The number of piperidine rings is 1. The Kier molecular flexibility index (Phi) is 6.57. The smallest absolute Gasteiger partial charge is 0.315 e. The van der Waals surface area contributed by atoms with Crippen LogP contribution in [0.25, 0.3) is 0 Å². The predicted octanol–water partition coefficient (Wildman–Crippen LogP) is 1.87. The molecule has 2 aromatic rings. The maximum Gasteiger partial charge on any atom is 0.315 e. The number of amides is 2. The SMILES string of the molecule is N#Cc1c(F)cccc1NCCNC(=O)NC1CCN(c2ncccn2)CC1. The van der Waals surface area contributed by atoms with Crippen LogP contribution < -0.4 is 20.9 Å². The summed E-state index contributed by atoms with van der Waals surface area (Å²) in [4.78, 5) is 22.6. The Labute approximate surface area is 162 Å². The lowest BCUT2D eigenvalue weighted by Gasteiger charge is -2.32. The van der Waals surface area contributed by atoms with Crippen LogP contribution >= 0.6 is 0 Å². The summed E-state index contributed by atoms with van der Waals surface area (Å²) in [6.45, 7) is 2.30. The van der Waals surface area contributed by atoms with Gasteiger partial charge in [0.05, 0.1) is 5.69 Å². The molecule has 0 radical (unpaired) electrons. The van der Waals surface area contributed by atoms with Gasteiger partial charge >= 0.3 is 6.03 Å². The molecule has 2 amide bonds. The third kappa shape index (κ3) is 5.07. The van der Waals surface area contributed by atoms with Gasteiger partial charge in [-0.15, -0.1) is 0 Å². The normalized spacial score (nSPS) is 14.2. The van der Waals surface area contributed by atoms with Gasteiger partial charge in [-0.3, -0.25) is 0 Å². The first-order chi connectivity index (χ1) is 13.7. The molecule has 2 heterocycles. The minimum atomic E-state index is -0.564. The Hall–Kier alpha value is -3.41. The first kappa shape index (κ1) is 19.4. The van der Waals surface area contributed by atoms with Gasteiger partial charge < -0.3 is 20.9 Å². The molecule has 1 aliphatic rings. The number of nitrogens with zero attached hydrogens (tertiary/aromatic N) is 4. The van der Waals surface area contributed by atoms with Crippen molar-refractivity contribution in [2.75, 3.05) is 36.4 Å². The summed E-state index contributed by atoms with van der Waals surface area (Å²) in [6.07, 6.45) is 5.08. The van der Waals surface area contributed by atoms with Crippen LogP contribution in [-0.2, 0) is 0 Å². The third-order valence-electron chi connectivity index (χ3n) is 4.52. The summed E-state index contributed by atoms with van der Waals surface area (Å²) >= 11 is 0. The van der Waals surface area contributed by atoms with E-state index in [9.17, 15) is 9.18 Å². The Bertz CT molecular complexity index is 832. The van der Waals surface area contributed by atoms with Crippen LogP contribution in [-0.4, -0.2) is 48.2 Å². The number of benzene rings is 1. The highest BCUT2D eigenvalue weighted by Crippen LogP contribution is 2.17. The molecule has 3 rings (SSSR count). The zero-order valence-electron chi connectivity index (χ0n) is 15.4. The van der Waals surface area contributed by atoms with Crippen molar-refractivity contribution in [1.29, 1.82) is 5.26 Å². The van der Waals surface area contributed by atoms with Gasteiger partial charge in [0.15, 0.2) is 0 Å². The summed E-state index contributed by atoms with van der Waals surface area (Å²) in [7, 11) is 0. The Morgan fingerprint density at radius 3 is 2.68 bits per heavy atom. The molecule has 146 valence electrons. The van der Waals surface area contributed by atoms with Gasteiger partial charge in [-0.25, -0.2) is 19.2 Å². The highest BCUT2D eigenvalue weighted by molar-refractivity contribution is 5.74. The van der Waals surface area contributed by atoms with Crippen molar-refractivity contribution in [2.24, 2.45) is 0 Å². The summed E-state index contributed by atoms with van der Waals surface area (Å²) in [5, 5.41) is 17.7. The lowest BCUT2D eigenvalue weighted by atomic mass is 10.1. The molecule has 0 atom stereocenters. The minimum Gasteiger partial charge on any atom is -0.382 e. The topological polar surface area (TPSA) is 106 Å². The lowest BCUT2D eigenvalue weighted by Crippen LogP contribution is -2.48. The molecule has 1 aromatic heterocycles. The van der Waals surface area contributed by atoms with Crippen LogP contribution in [0.1, 0.15) is 18.4 Å². The van der Waals surface area contributed by atoms with E-state index in [-0.39, 0.29) is 17.6 Å². The Balaban J connectivity index is 1.36. The van der Waals surface area contributed by atoms with Crippen LogP contribution in [0.4, 0.5) is 20.8 Å². The fourth-order valence-electron chi connectivity index (χ4n) is 3.07. The van der Waals surface area contributed by atoms with Crippen molar-refractivity contribution in [2.45, 2.75) is 18.9 Å². The van der Waals surface area contributed by atoms with Gasteiger partial charge in [0.25, 0.3) is 0 Å². The first-order valence-electron chi connectivity index (χ1n) is 9.16. The quantitative estimate of drug-likeness (QED) is 0.658. The number of hydrogen-bond acceptors (Lipinski definition) is 6. The van der Waals surface area contributed by atoms with E-state index < -0.39 is 5.82 Å². The number of urea groups is 1. The van der Waals surface area contributed by atoms with Crippen molar-refractivity contribution >= 4 is 17.7 Å². The molecule has 0 bridgehead atoms. The van der Waals surface area contributed by atoms with Crippen LogP contribution in [0.15, 0.2) is 36.7 Å². The van der Waals surface area contributed by atoms with Crippen molar-refractivity contribution in [1.82, 2.24) is 20.6 Å². The number of hydrogen-bond donors (Lipinski definition) is 3. The molecule has 9 heteroatoms. The fourth-order valence-corrected chi connectivity index (χ4v) is 3.07. The van der Waals surface area contributed by atoms with E-state index in [1.165, 1.54) is 12.1 Å². The van der Waals surface area contributed by atoms with Gasteiger partial charge in [0, 0.05) is 44.6 Å². The predicted molar refractivity (Wildman–Crippen MR) is 103 cm³/mol. The Morgan fingerprint density at radius 1 is 1.21 bits per heavy atom. The van der Waals surface area contributed by atoms with Gasteiger partial charge in [0.2, 0.25) is 5.95 Å². The second-order valence-electron chi connectivity index (χ2n) is 6.41. The molecule has 1 aromatic carbocycles. The van der Waals surface area contributed by atoms with E-state index in [1.807, 2.05) is 6.07 Å². The number of carbonyl (C=O) groups is 1. The van der Waals surface area contributed by atoms with E-state index >= 15 is 0 Å². The molecule has 1 aliphatic heterocycles. The summed E-state index contributed by atoms with van der Waals surface area (Å²) in [5.41, 5.74) is 0.390. The van der Waals surface area contributed by atoms with Gasteiger partial charge in [-0.1, -0.05) is 6.07 Å². The molecule has 0 spiro atoms. The summed E-state index contributed by atoms with van der Waals surface area (Å²) in [6, 6.07) is 7.88. The molecule has 0 unspecified atom stereocenters. The first-order valence-corrected chi connectivity index (χ1v) is 9.16. The average Bonchev–Trinajstić information content (AvgIpc) is 2.72. The molecule has 3 N–H and O–H groups in total. The number of rotatable bonds is 6. The van der Waals surface area contributed by atoms with Gasteiger partial charge in [-0.2, -0.15) is 5.26 Å². The molecule has 1 fully saturated rings. The van der Waals surface area contributed by atoms with Crippen molar-refractivity contribution in [3.8, 4) is 6.07 Å². The number of anilines is 2. The van der Waals surface area contributed by atoms with E-state index in [2.05, 4.69) is 30.8 Å². The lowest BCUT2D eigenvalue weighted by molar-refractivity contribution is 0.234. The van der Waals surface area contributed by atoms with Crippen LogP contribution in [0.3, 0.4) is 0 Å². The second-order valence-corrected chi connectivity index (χ2v) is 6.41. The number of nitrogens with one attached hydrogen (secondary N) is 3. The zero-order chi connectivity index (χ0) is 19.8. The zero-order valence-corrected chi connectivity index (χ0v) is 15.4. The highest BCUT2D eigenvalue weighted by atomic mass is 19.1. The average molecular weight is 383 g/mol. The van der Waals surface area contributed by atoms with E-state index in [0.29, 0.717) is 24.7 Å². The Morgan fingerprint density at radius 2 is 1.96 bits per heavy atom. The number of halogens is 1. The molecular weight excluding hydrogens is 361 g/mol. The van der Waals surface area contributed by atoms with Crippen LogP contribution in [0.5, 0.6) is 0 Å². The van der Waals surface area contributed by atoms with E-state index in [1.54, 1.807) is 24.5 Å². The maximum absolute atomic E-state index is 13.5. The van der Waals surface area contributed by atoms with Crippen molar-refractivity contribution in [3.05, 3.63) is 48.0 Å². The molecule has 8 nitrogen and oxygen atoms in total. The molecular formula is C19H22FN7O. The van der Waals surface area contributed by atoms with Crippen molar-refractivity contribution in [3.63, 3.8) is 0 Å². The molecule has 0 aliphatic carbocycles. The molecule has 28 heavy (non-hydrogen) atoms. The fraction of sp³-hybridized carbons (Fsp3) is 0.368. The molecule has 1 saturated heterocycles. The van der Waals surface area contributed by atoms with Gasteiger partial charge in [0.1, 0.15) is 17.4 Å². The van der Waals surface area contributed by atoms with E-state index in [0.717, 1.165) is 25.9 Å². The van der Waals surface area contributed by atoms with Crippen molar-refractivity contribution < 1.29 is 9.18 Å². The number of aromatic nitrogens is 2.